The van der Waals surface area contributed by atoms with Crippen molar-refractivity contribution >= 4 is 17.0 Å². The van der Waals surface area contributed by atoms with Crippen molar-refractivity contribution in [3.8, 4) is 0 Å². The standard InChI is InChI=1S/C15H18F3N5O/c16-15(17,18)10-1-4-23(7-14(10)2-5-24-6-3-14)13-11-12(20-8-19-11)21-9-22-13/h8-10H,1-7H2,(H,19,20,21,22). The predicted molar refractivity (Wildman–Crippen MR) is 80.5 cm³/mol. The van der Waals surface area contributed by atoms with E-state index in [1.54, 1.807) is 0 Å². The van der Waals surface area contributed by atoms with Gasteiger partial charge in [0.25, 0.3) is 0 Å². The lowest BCUT2D eigenvalue weighted by Crippen LogP contribution is -2.55. The number of ether oxygens (including phenoxy) is 1. The number of aromatic amines is 1. The van der Waals surface area contributed by atoms with E-state index in [9.17, 15) is 13.2 Å². The molecule has 9 heteroatoms. The molecule has 2 saturated heterocycles. The zero-order valence-corrected chi connectivity index (χ0v) is 13.0. The van der Waals surface area contributed by atoms with Gasteiger partial charge in [-0.2, -0.15) is 13.2 Å². The molecule has 1 atom stereocenters. The van der Waals surface area contributed by atoms with E-state index >= 15 is 0 Å². The fraction of sp³-hybridized carbons (Fsp3) is 0.667. The summed E-state index contributed by atoms with van der Waals surface area (Å²) in [5, 5.41) is 0. The first kappa shape index (κ1) is 15.6. The summed E-state index contributed by atoms with van der Waals surface area (Å²) in [4.78, 5) is 17.4. The van der Waals surface area contributed by atoms with Crippen LogP contribution in [0.1, 0.15) is 19.3 Å². The first-order valence-electron chi connectivity index (χ1n) is 8.03. The van der Waals surface area contributed by atoms with Crippen LogP contribution in [0.4, 0.5) is 19.0 Å². The van der Waals surface area contributed by atoms with E-state index < -0.39 is 17.5 Å². The number of imidazole rings is 1. The molecule has 6 nitrogen and oxygen atoms in total. The van der Waals surface area contributed by atoms with Crippen LogP contribution < -0.4 is 4.90 Å². The maximum Gasteiger partial charge on any atom is 0.392 e. The van der Waals surface area contributed by atoms with Crippen molar-refractivity contribution in [2.45, 2.75) is 25.4 Å². The normalized spacial score (nSPS) is 24.6. The van der Waals surface area contributed by atoms with Crippen LogP contribution in [0.5, 0.6) is 0 Å². The van der Waals surface area contributed by atoms with Gasteiger partial charge in [-0.3, -0.25) is 0 Å². The minimum absolute atomic E-state index is 0.0726. The van der Waals surface area contributed by atoms with E-state index in [-0.39, 0.29) is 6.42 Å². The van der Waals surface area contributed by atoms with Gasteiger partial charge < -0.3 is 14.6 Å². The zero-order valence-electron chi connectivity index (χ0n) is 13.0. The third-order valence-electron chi connectivity index (χ3n) is 5.32. The molecule has 1 N–H and O–H groups in total. The van der Waals surface area contributed by atoms with Gasteiger partial charge in [0.2, 0.25) is 0 Å². The van der Waals surface area contributed by atoms with Crippen molar-refractivity contribution in [3.05, 3.63) is 12.7 Å². The maximum atomic E-state index is 13.6. The average molecular weight is 341 g/mol. The molecule has 24 heavy (non-hydrogen) atoms. The Kier molecular flexibility index (Phi) is 3.63. The minimum atomic E-state index is -4.18. The molecule has 2 aliphatic rings. The van der Waals surface area contributed by atoms with Gasteiger partial charge in [-0.1, -0.05) is 0 Å². The first-order chi connectivity index (χ1) is 11.5. The Morgan fingerprint density at radius 1 is 1.21 bits per heavy atom. The Hall–Kier alpha value is -1.90. The van der Waals surface area contributed by atoms with Crippen molar-refractivity contribution < 1.29 is 17.9 Å². The highest BCUT2D eigenvalue weighted by Gasteiger charge is 2.56. The molecule has 4 rings (SSSR count). The van der Waals surface area contributed by atoms with Crippen LogP contribution in [0.25, 0.3) is 11.2 Å². The molecule has 0 radical (unpaired) electrons. The van der Waals surface area contributed by atoms with Crippen LogP contribution in [0.15, 0.2) is 12.7 Å². The van der Waals surface area contributed by atoms with Gasteiger partial charge in [0.15, 0.2) is 11.5 Å². The highest BCUT2D eigenvalue weighted by atomic mass is 19.4. The Bertz CT molecular complexity index is 725. The predicted octanol–water partition coefficient (Wildman–Crippen LogP) is 2.54. The number of H-pyrrole nitrogens is 1. The minimum Gasteiger partial charge on any atom is -0.381 e. The molecule has 4 heterocycles. The number of anilines is 1. The second-order valence-electron chi connectivity index (χ2n) is 6.58. The molecule has 0 amide bonds. The molecule has 1 spiro atoms. The van der Waals surface area contributed by atoms with Gasteiger partial charge in [-0.05, 0) is 19.3 Å². The summed E-state index contributed by atoms with van der Waals surface area (Å²) in [6.07, 6.45) is -0.335. The molecular formula is C15H18F3N5O. The third kappa shape index (κ3) is 2.51. The van der Waals surface area contributed by atoms with Gasteiger partial charge in [0.1, 0.15) is 11.8 Å². The fourth-order valence-electron chi connectivity index (χ4n) is 4.13. The number of hydrogen-bond donors (Lipinski definition) is 1. The first-order valence-corrected chi connectivity index (χ1v) is 8.03. The van der Waals surface area contributed by atoms with E-state index in [2.05, 4.69) is 19.9 Å². The third-order valence-corrected chi connectivity index (χ3v) is 5.32. The molecule has 0 bridgehead atoms. The highest BCUT2D eigenvalue weighted by molar-refractivity contribution is 5.82. The lowest BCUT2D eigenvalue weighted by atomic mass is 9.65. The number of halogens is 3. The number of alkyl halides is 3. The summed E-state index contributed by atoms with van der Waals surface area (Å²) < 4.78 is 46.1. The summed E-state index contributed by atoms with van der Waals surface area (Å²) in [5.74, 6) is -0.659. The number of fused-ring (bicyclic) bond motifs is 1. The zero-order chi connectivity index (χ0) is 16.8. The average Bonchev–Trinajstić information content (AvgIpc) is 3.03. The van der Waals surface area contributed by atoms with E-state index in [0.717, 1.165) is 0 Å². The Morgan fingerprint density at radius 2 is 2.00 bits per heavy atom. The van der Waals surface area contributed by atoms with Crippen LogP contribution in [0.3, 0.4) is 0 Å². The number of rotatable bonds is 1. The van der Waals surface area contributed by atoms with Gasteiger partial charge in [-0.15, -0.1) is 0 Å². The van der Waals surface area contributed by atoms with Crippen LogP contribution in [0.2, 0.25) is 0 Å². The monoisotopic (exact) mass is 341 g/mol. The van der Waals surface area contributed by atoms with Crippen LogP contribution >= 0.6 is 0 Å². The second kappa shape index (κ2) is 5.58. The maximum absolute atomic E-state index is 13.6. The Labute approximate surface area is 136 Å². The Morgan fingerprint density at radius 3 is 2.75 bits per heavy atom. The Balaban J connectivity index is 1.69. The van der Waals surface area contributed by atoms with Crippen molar-refractivity contribution in [2.75, 3.05) is 31.2 Å². The number of piperidine rings is 1. The van der Waals surface area contributed by atoms with E-state index in [1.807, 2.05) is 4.90 Å². The topological polar surface area (TPSA) is 66.9 Å². The van der Waals surface area contributed by atoms with Crippen LogP contribution in [-0.2, 0) is 4.74 Å². The molecule has 2 fully saturated rings. The summed E-state index contributed by atoms with van der Waals surface area (Å²) in [5.41, 5.74) is 0.385. The van der Waals surface area contributed by atoms with Gasteiger partial charge in [0.05, 0.1) is 12.2 Å². The van der Waals surface area contributed by atoms with E-state index in [4.69, 9.17) is 4.74 Å². The van der Waals surface area contributed by atoms with Gasteiger partial charge in [-0.25, -0.2) is 15.0 Å². The van der Waals surface area contributed by atoms with Crippen molar-refractivity contribution in [2.24, 2.45) is 11.3 Å². The van der Waals surface area contributed by atoms with Crippen molar-refractivity contribution in [1.82, 2.24) is 19.9 Å². The second-order valence-corrected chi connectivity index (χ2v) is 6.58. The number of hydrogen-bond acceptors (Lipinski definition) is 5. The molecule has 130 valence electrons. The summed E-state index contributed by atoms with van der Waals surface area (Å²) in [6, 6.07) is 0. The van der Waals surface area contributed by atoms with Crippen molar-refractivity contribution in [1.29, 1.82) is 0 Å². The molecule has 2 aromatic rings. The fourth-order valence-corrected chi connectivity index (χ4v) is 4.13. The molecule has 0 aromatic carbocycles. The molecule has 2 aromatic heterocycles. The van der Waals surface area contributed by atoms with Gasteiger partial charge >= 0.3 is 6.18 Å². The summed E-state index contributed by atoms with van der Waals surface area (Å²) in [6.45, 7) is 1.40. The molecule has 0 aliphatic carbocycles. The van der Waals surface area contributed by atoms with E-state index in [1.165, 1.54) is 12.7 Å². The number of nitrogens with one attached hydrogen (secondary N) is 1. The summed E-state index contributed by atoms with van der Waals surface area (Å²) >= 11 is 0. The summed E-state index contributed by atoms with van der Waals surface area (Å²) in [7, 11) is 0. The SMILES string of the molecule is FC(F)(F)C1CCN(c2ncnc3nc[nH]c23)CC12CCOCC2. The molecule has 0 saturated carbocycles. The quantitative estimate of drug-likeness (QED) is 0.863. The van der Waals surface area contributed by atoms with Gasteiger partial charge in [0, 0.05) is 31.7 Å². The molecular weight excluding hydrogens is 323 g/mol. The number of nitrogens with zero attached hydrogens (tertiary/aromatic N) is 4. The largest absolute Gasteiger partial charge is 0.392 e. The van der Waals surface area contributed by atoms with Crippen LogP contribution in [0, 0.1) is 11.3 Å². The lowest BCUT2D eigenvalue weighted by molar-refractivity contribution is -0.223. The molecule has 2 aliphatic heterocycles. The van der Waals surface area contributed by atoms with E-state index in [0.29, 0.717) is 56.1 Å². The smallest absolute Gasteiger partial charge is 0.381 e. The lowest BCUT2D eigenvalue weighted by Gasteiger charge is -2.50. The molecule has 1 unspecified atom stereocenters. The van der Waals surface area contributed by atoms with Crippen LogP contribution in [-0.4, -0.2) is 52.4 Å². The number of aromatic nitrogens is 4. The highest BCUT2D eigenvalue weighted by Crippen LogP contribution is 2.51. The van der Waals surface area contributed by atoms with Crippen molar-refractivity contribution in [3.63, 3.8) is 0 Å².